The van der Waals surface area contributed by atoms with Gasteiger partial charge in [-0.2, -0.15) is 4.31 Å². The minimum Gasteiger partial charge on any atom is -0.345 e. The number of carbonyl (C=O) groups excluding carboxylic acids is 1. The molecule has 0 aromatic heterocycles. The van der Waals surface area contributed by atoms with Gasteiger partial charge in [-0.25, -0.2) is 12.8 Å². The van der Waals surface area contributed by atoms with Gasteiger partial charge in [0.05, 0.1) is 0 Å². The van der Waals surface area contributed by atoms with Crippen molar-refractivity contribution in [2.45, 2.75) is 44.0 Å². The molecule has 1 amide bonds. The smallest absolute Gasteiger partial charge is 0.245 e. The van der Waals surface area contributed by atoms with E-state index in [4.69, 9.17) is 5.73 Å². The van der Waals surface area contributed by atoms with E-state index in [0.29, 0.717) is 25.3 Å². The molecule has 1 saturated heterocycles. The summed E-state index contributed by atoms with van der Waals surface area (Å²) in [7, 11) is -2.11. The molecule has 1 aromatic rings. The third kappa shape index (κ3) is 5.27. The molecule has 2 N–H and O–H groups in total. The molecular formula is C19H30FN3O3S. The predicted octanol–water partition coefficient (Wildman–Crippen LogP) is 2.06. The molecule has 1 atom stereocenters. The summed E-state index contributed by atoms with van der Waals surface area (Å²) in [5, 5.41) is 0. The van der Waals surface area contributed by atoms with Crippen LogP contribution in [0.25, 0.3) is 0 Å². The molecular weight excluding hydrogens is 369 g/mol. The summed E-state index contributed by atoms with van der Waals surface area (Å²) in [6, 6.07) is 5.42. The third-order valence-electron chi connectivity index (χ3n) is 5.29. The summed E-state index contributed by atoms with van der Waals surface area (Å²) in [6.07, 6.45) is 1.61. The fourth-order valence-electron chi connectivity index (χ4n) is 3.23. The van der Waals surface area contributed by atoms with Crippen LogP contribution >= 0.6 is 0 Å². The molecule has 1 aliphatic heterocycles. The molecule has 152 valence electrons. The number of piperidine rings is 1. The standard InChI is InChI=1S/C19H30FN3O3S/c1-14(2)17(21)10-11-22(3)19(24)15-8-12-23(13-9-15)27(25,26)18-7-5-4-6-16(18)20/h4-7,14-15,17H,8-13,21H2,1-3H3. The minimum atomic E-state index is -3.88. The van der Waals surface area contributed by atoms with Gasteiger partial charge in [-0.05, 0) is 37.3 Å². The SMILES string of the molecule is CC(C)C(N)CCN(C)C(=O)C1CCN(S(=O)(=O)c2ccccc2F)CC1. The van der Waals surface area contributed by atoms with Gasteiger partial charge in [-0.15, -0.1) is 0 Å². The van der Waals surface area contributed by atoms with E-state index in [9.17, 15) is 17.6 Å². The van der Waals surface area contributed by atoms with Crippen LogP contribution in [0, 0.1) is 17.7 Å². The Morgan fingerprint density at radius 1 is 1.30 bits per heavy atom. The van der Waals surface area contributed by atoms with Crippen LogP contribution in [0.2, 0.25) is 0 Å². The van der Waals surface area contributed by atoms with Crippen molar-refractivity contribution in [1.82, 2.24) is 9.21 Å². The molecule has 0 spiro atoms. The Labute approximate surface area is 161 Å². The predicted molar refractivity (Wildman–Crippen MR) is 103 cm³/mol. The van der Waals surface area contributed by atoms with Crippen LogP contribution in [0.5, 0.6) is 0 Å². The average molecular weight is 400 g/mol. The van der Waals surface area contributed by atoms with Gasteiger partial charge in [0.25, 0.3) is 0 Å². The van der Waals surface area contributed by atoms with Gasteiger partial charge in [0, 0.05) is 38.6 Å². The van der Waals surface area contributed by atoms with Gasteiger partial charge >= 0.3 is 0 Å². The number of hydrogen-bond donors (Lipinski definition) is 1. The summed E-state index contributed by atoms with van der Waals surface area (Å²) in [6.45, 7) is 5.13. The first-order valence-electron chi connectivity index (χ1n) is 9.39. The number of hydrogen-bond acceptors (Lipinski definition) is 4. The fourth-order valence-corrected chi connectivity index (χ4v) is 4.77. The first-order valence-corrected chi connectivity index (χ1v) is 10.8. The van der Waals surface area contributed by atoms with E-state index in [0.717, 1.165) is 12.5 Å². The maximum atomic E-state index is 13.9. The highest BCUT2D eigenvalue weighted by atomic mass is 32.2. The van der Waals surface area contributed by atoms with Crippen LogP contribution in [0.3, 0.4) is 0 Å². The first kappa shape index (κ1) is 21.8. The number of nitrogens with two attached hydrogens (primary N) is 1. The van der Waals surface area contributed by atoms with E-state index in [1.807, 2.05) is 0 Å². The first-order chi connectivity index (χ1) is 12.6. The Morgan fingerprint density at radius 3 is 2.44 bits per heavy atom. The lowest BCUT2D eigenvalue weighted by atomic mass is 9.96. The van der Waals surface area contributed by atoms with Gasteiger partial charge in [0.15, 0.2) is 0 Å². The van der Waals surface area contributed by atoms with Crippen molar-refractivity contribution in [2.75, 3.05) is 26.7 Å². The quantitative estimate of drug-likeness (QED) is 0.761. The average Bonchev–Trinajstić information content (AvgIpc) is 2.65. The van der Waals surface area contributed by atoms with Gasteiger partial charge in [0.1, 0.15) is 10.7 Å². The van der Waals surface area contributed by atoms with E-state index >= 15 is 0 Å². The van der Waals surface area contributed by atoms with Gasteiger partial charge in [-0.1, -0.05) is 26.0 Å². The van der Waals surface area contributed by atoms with E-state index in [2.05, 4.69) is 13.8 Å². The lowest BCUT2D eigenvalue weighted by Crippen LogP contribution is -2.44. The molecule has 0 bridgehead atoms. The van der Waals surface area contributed by atoms with E-state index in [1.54, 1.807) is 11.9 Å². The topological polar surface area (TPSA) is 83.7 Å². The summed E-state index contributed by atoms with van der Waals surface area (Å²) in [5.41, 5.74) is 6.03. The van der Waals surface area contributed by atoms with Crippen molar-refractivity contribution in [3.8, 4) is 0 Å². The molecule has 2 rings (SSSR count). The lowest BCUT2D eigenvalue weighted by Gasteiger charge is -2.33. The Balaban J connectivity index is 1.93. The molecule has 1 fully saturated rings. The number of sulfonamides is 1. The zero-order chi connectivity index (χ0) is 20.2. The minimum absolute atomic E-state index is 0.0221. The number of amides is 1. The number of carbonyl (C=O) groups is 1. The Hall–Kier alpha value is -1.51. The maximum Gasteiger partial charge on any atom is 0.245 e. The summed E-state index contributed by atoms with van der Waals surface area (Å²) in [5.74, 6) is -0.580. The van der Waals surface area contributed by atoms with Crippen LogP contribution in [0.1, 0.15) is 33.1 Å². The van der Waals surface area contributed by atoms with Crippen LogP contribution in [-0.4, -0.2) is 56.3 Å². The van der Waals surface area contributed by atoms with Crippen molar-refractivity contribution in [3.63, 3.8) is 0 Å². The molecule has 8 heteroatoms. The molecule has 27 heavy (non-hydrogen) atoms. The van der Waals surface area contributed by atoms with Crippen LogP contribution in [0.4, 0.5) is 4.39 Å². The van der Waals surface area contributed by atoms with E-state index < -0.39 is 15.8 Å². The molecule has 1 unspecified atom stereocenters. The van der Waals surface area contributed by atoms with Crippen molar-refractivity contribution < 1.29 is 17.6 Å². The normalized spacial score (nSPS) is 17.9. The molecule has 6 nitrogen and oxygen atoms in total. The monoisotopic (exact) mass is 399 g/mol. The second kappa shape index (κ2) is 9.12. The van der Waals surface area contributed by atoms with Crippen molar-refractivity contribution >= 4 is 15.9 Å². The summed E-state index contributed by atoms with van der Waals surface area (Å²) in [4.78, 5) is 14.0. The highest BCUT2D eigenvalue weighted by molar-refractivity contribution is 7.89. The largest absolute Gasteiger partial charge is 0.345 e. The van der Waals surface area contributed by atoms with Gasteiger partial charge in [-0.3, -0.25) is 4.79 Å². The second-order valence-corrected chi connectivity index (χ2v) is 9.47. The highest BCUT2D eigenvalue weighted by Gasteiger charge is 2.34. The summed E-state index contributed by atoms with van der Waals surface area (Å²) >= 11 is 0. The van der Waals surface area contributed by atoms with Gasteiger partial charge < -0.3 is 10.6 Å². The van der Waals surface area contributed by atoms with Crippen LogP contribution in [-0.2, 0) is 14.8 Å². The van der Waals surface area contributed by atoms with Crippen molar-refractivity contribution in [1.29, 1.82) is 0 Å². The molecule has 0 aliphatic carbocycles. The molecule has 1 aliphatic rings. The Morgan fingerprint density at radius 2 is 1.89 bits per heavy atom. The zero-order valence-corrected chi connectivity index (χ0v) is 17.1. The van der Waals surface area contributed by atoms with Crippen molar-refractivity contribution in [2.24, 2.45) is 17.6 Å². The molecule has 0 saturated carbocycles. The number of halogens is 1. The molecule has 1 heterocycles. The van der Waals surface area contributed by atoms with E-state index in [-0.39, 0.29) is 35.9 Å². The van der Waals surface area contributed by atoms with Crippen LogP contribution < -0.4 is 5.73 Å². The number of benzene rings is 1. The van der Waals surface area contributed by atoms with Crippen molar-refractivity contribution in [3.05, 3.63) is 30.1 Å². The Bertz CT molecular complexity index is 746. The number of rotatable bonds is 7. The molecule has 0 radical (unpaired) electrons. The molecule has 1 aromatic carbocycles. The van der Waals surface area contributed by atoms with E-state index in [1.165, 1.54) is 22.5 Å². The summed E-state index contributed by atoms with van der Waals surface area (Å²) < 4.78 is 40.4. The third-order valence-corrected chi connectivity index (χ3v) is 7.22. The zero-order valence-electron chi connectivity index (χ0n) is 16.3. The lowest BCUT2D eigenvalue weighted by molar-refractivity contribution is -0.135. The maximum absolute atomic E-state index is 13.9. The second-order valence-electron chi connectivity index (χ2n) is 7.57. The Kier molecular flexibility index (Phi) is 7.36. The highest BCUT2D eigenvalue weighted by Crippen LogP contribution is 2.26. The fraction of sp³-hybridized carbons (Fsp3) is 0.632. The van der Waals surface area contributed by atoms with Crippen LogP contribution in [0.15, 0.2) is 29.2 Å². The number of nitrogens with zero attached hydrogens (tertiary/aromatic N) is 2. The van der Waals surface area contributed by atoms with Gasteiger partial charge in [0.2, 0.25) is 15.9 Å².